The van der Waals surface area contributed by atoms with Gasteiger partial charge in [0.05, 0.1) is 4.90 Å². The summed E-state index contributed by atoms with van der Waals surface area (Å²) in [7, 11) is -3.81. The highest BCUT2D eigenvalue weighted by atomic mass is 35.5. The second-order valence-corrected chi connectivity index (χ2v) is 14.6. The van der Waals surface area contributed by atoms with Gasteiger partial charge in [0, 0.05) is 81.9 Å². The standard InChI is InChI=1S/C31H42ClF2N7O5S/c32-26-18-23(31(33,34)22-5-3-21(4-6-22)30(44)37-12-11-36-28(42)20-35)19-27(38-26)39-14-16-40(17-15-39)47(45,46)25-9-7-24(8-10-25)41-13-1-2-29(41)43/h7-10,18-19,21-22,28,36,42H,1-6,11-17,20,35H2,(H,37,44). The Labute approximate surface area is 278 Å². The first-order chi connectivity index (χ1) is 22.4. The number of hydrogen-bond donors (Lipinski definition) is 4. The lowest BCUT2D eigenvalue weighted by molar-refractivity contribution is -0.129. The van der Waals surface area contributed by atoms with Crippen LogP contribution in [0.3, 0.4) is 0 Å². The van der Waals surface area contributed by atoms with Gasteiger partial charge in [0.25, 0.3) is 5.92 Å². The molecule has 3 fully saturated rings. The highest BCUT2D eigenvalue weighted by Crippen LogP contribution is 2.46. The van der Waals surface area contributed by atoms with E-state index in [4.69, 9.17) is 17.3 Å². The summed E-state index contributed by atoms with van der Waals surface area (Å²) in [4.78, 5) is 32.4. The van der Waals surface area contributed by atoms with Crippen molar-refractivity contribution < 1.29 is 31.9 Å². The third-order valence-electron chi connectivity index (χ3n) is 9.23. The van der Waals surface area contributed by atoms with E-state index in [-0.39, 0.29) is 84.7 Å². The third kappa shape index (κ3) is 8.20. The number of anilines is 2. The topological polar surface area (TPSA) is 161 Å². The highest BCUT2D eigenvalue weighted by Gasteiger charge is 2.44. The number of carbonyl (C=O) groups is 2. The molecule has 16 heteroatoms. The van der Waals surface area contributed by atoms with E-state index in [1.54, 1.807) is 21.9 Å². The van der Waals surface area contributed by atoms with Crippen molar-refractivity contribution in [2.75, 3.05) is 62.2 Å². The maximum Gasteiger partial charge on any atom is 0.276 e. The van der Waals surface area contributed by atoms with Crippen molar-refractivity contribution >= 4 is 44.9 Å². The number of aliphatic hydroxyl groups is 1. The van der Waals surface area contributed by atoms with Crippen molar-refractivity contribution in [3.05, 3.63) is 47.1 Å². The number of hydrogen-bond acceptors (Lipinski definition) is 9. The summed E-state index contributed by atoms with van der Waals surface area (Å²) < 4.78 is 59.8. The number of aromatic nitrogens is 1. The van der Waals surface area contributed by atoms with E-state index in [1.165, 1.54) is 28.6 Å². The summed E-state index contributed by atoms with van der Waals surface area (Å²) in [5, 5.41) is 14.9. The molecule has 1 unspecified atom stereocenters. The smallest absolute Gasteiger partial charge is 0.276 e. The normalized spacial score (nSPS) is 22.0. The summed E-state index contributed by atoms with van der Waals surface area (Å²) in [5.74, 6) is -4.46. The minimum Gasteiger partial charge on any atom is -0.377 e. The quantitative estimate of drug-likeness (QED) is 0.148. The number of aliphatic hydroxyl groups excluding tert-OH is 1. The molecule has 2 aliphatic heterocycles. The van der Waals surface area contributed by atoms with Crippen LogP contribution in [0.1, 0.15) is 44.1 Å². The number of nitrogens with zero attached hydrogens (tertiary/aromatic N) is 4. The molecule has 5 N–H and O–H groups in total. The lowest BCUT2D eigenvalue weighted by Gasteiger charge is -2.36. The Morgan fingerprint density at radius 1 is 1.06 bits per heavy atom. The Morgan fingerprint density at radius 3 is 2.36 bits per heavy atom. The number of alkyl halides is 2. The van der Waals surface area contributed by atoms with Gasteiger partial charge in [-0.05, 0) is 68.5 Å². The molecule has 3 aliphatic rings. The lowest BCUT2D eigenvalue weighted by atomic mass is 9.77. The van der Waals surface area contributed by atoms with Crippen LogP contribution in [0.15, 0.2) is 41.3 Å². The maximum atomic E-state index is 15.9. The van der Waals surface area contributed by atoms with Gasteiger partial charge in [-0.25, -0.2) is 22.2 Å². The fourth-order valence-corrected chi connectivity index (χ4v) is 8.10. The second kappa shape index (κ2) is 15.1. The monoisotopic (exact) mass is 697 g/mol. The van der Waals surface area contributed by atoms with Gasteiger partial charge in [0.2, 0.25) is 21.8 Å². The zero-order chi connectivity index (χ0) is 33.8. The summed E-state index contributed by atoms with van der Waals surface area (Å²) in [6.07, 6.45) is 1.38. The van der Waals surface area contributed by atoms with Gasteiger partial charge in [0.1, 0.15) is 17.2 Å². The minimum absolute atomic E-state index is 0.0195. The number of nitrogens with two attached hydrogens (primary N) is 1. The minimum atomic E-state index is -3.81. The van der Waals surface area contributed by atoms with Crippen LogP contribution in [0.4, 0.5) is 20.3 Å². The summed E-state index contributed by atoms with van der Waals surface area (Å²) in [6, 6.07) is 8.79. The van der Waals surface area contributed by atoms with Crippen LogP contribution in [-0.4, -0.2) is 93.2 Å². The van der Waals surface area contributed by atoms with Crippen LogP contribution >= 0.6 is 11.6 Å². The fourth-order valence-electron chi connectivity index (χ4n) is 6.47. The lowest BCUT2D eigenvalue weighted by Crippen LogP contribution is -2.49. The van der Waals surface area contributed by atoms with E-state index in [0.29, 0.717) is 44.6 Å². The molecule has 0 spiro atoms. The molecule has 1 aromatic carbocycles. The summed E-state index contributed by atoms with van der Waals surface area (Å²) in [5.41, 5.74) is 5.74. The van der Waals surface area contributed by atoms with Gasteiger partial charge >= 0.3 is 0 Å². The van der Waals surface area contributed by atoms with Crippen molar-refractivity contribution in [2.24, 2.45) is 17.6 Å². The fraction of sp³-hybridized carbons (Fsp3) is 0.581. The molecule has 5 rings (SSSR count). The molecule has 2 aromatic rings. The number of carbonyl (C=O) groups excluding carboxylic acids is 2. The SMILES string of the molecule is NCC(O)NCCNC(=O)C1CCC(C(F)(F)c2cc(Cl)nc(N3CCN(S(=O)(=O)c4ccc(N5CCCC5=O)cc4)CC3)c2)CC1. The average Bonchev–Trinajstić information content (AvgIpc) is 3.51. The molecule has 12 nitrogen and oxygen atoms in total. The molecule has 1 saturated carbocycles. The van der Waals surface area contributed by atoms with Gasteiger partial charge in [-0.15, -0.1) is 0 Å². The van der Waals surface area contributed by atoms with Crippen LogP contribution in [0, 0.1) is 11.8 Å². The molecule has 1 aromatic heterocycles. The second-order valence-electron chi connectivity index (χ2n) is 12.2. The van der Waals surface area contributed by atoms with E-state index in [1.807, 2.05) is 0 Å². The summed E-state index contributed by atoms with van der Waals surface area (Å²) >= 11 is 6.24. The Hall–Kier alpha value is -2.95. The van der Waals surface area contributed by atoms with Gasteiger partial charge < -0.3 is 26.0 Å². The van der Waals surface area contributed by atoms with Crippen LogP contribution in [0.2, 0.25) is 5.15 Å². The zero-order valence-electron chi connectivity index (χ0n) is 26.1. The average molecular weight is 698 g/mol. The molecular formula is C31H42ClF2N7O5S. The number of amides is 2. The van der Waals surface area contributed by atoms with E-state index in [2.05, 4.69) is 15.6 Å². The molecule has 3 heterocycles. The predicted molar refractivity (Wildman–Crippen MR) is 174 cm³/mol. The first-order valence-corrected chi connectivity index (χ1v) is 17.8. The molecule has 1 atom stereocenters. The maximum absolute atomic E-state index is 15.9. The Bertz CT molecular complexity index is 1520. The van der Waals surface area contributed by atoms with Crippen LogP contribution in [0.25, 0.3) is 0 Å². The van der Waals surface area contributed by atoms with Crippen LogP contribution in [0.5, 0.6) is 0 Å². The third-order valence-corrected chi connectivity index (χ3v) is 11.3. The van der Waals surface area contributed by atoms with E-state index in [0.717, 1.165) is 6.42 Å². The van der Waals surface area contributed by atoms with Gasteiger partial charge in [-0.3, -0.25) is 14.9 Å². The van der Waals surface area contributed by atoms with Crippen molar-refractivity contribution in [3.63, 3.8) is 0 Å². The Balaban J connectivity index is 1.16. The number of pyridine rings is 1. The molecule has 2 saturated heterocycles. The first kappa shape index (κ1) is 35.4. The van der Waals surface area contributed by atoms with Crippen molar-refractivity contribution in [2.45, 2.75) is 55.6 Å². The molecular weight excluding hydrogens is 656 g/mol. The number of benzene rings is 1. The van der Waals surface area contributed by atoms with Crippen LogP contribution in [-0.2, 0) is 25.5 Å². The van der Waals surface area contributed by atoms with E-state index < -0.39 is 28.1 Å². The number of rotatable bonds is 12. The molecule has 2 amide bonds. The van der Waals surface area contributed by atoms with E-state index >= 15 is 8.78 Å². The Morgan fingerprint density at radius 2 is 1.74 bits per heavy atom. The molecule has 0 bridgehead atoms. The largest absolute Gasteiger partial charge is 0.377 e. The van der Waals surface area contributed by atoms with Crippen molar-refractivity contribution in [1.29, 1.82) is 0 Å². The number of nitrogens with one attached hydrogen (secondary N) is 2. The Kier molecular flexibility index (Phi) is 11.3. The van der Waals surface area contributed by atoms with E-state index in [9.17, 15) is 23.1 Å². The first-order valence-electron chi connectivity index (χ1n) is 16.0. The molecule has 1 aliphatic carbocycles. The molecule has 47 heavy (non-hydrogen) atoms. The summed E-state index contributed by atoms with van der Waals surface area (Å²) in [6.45, 7) is 2.02. The highest BCUT2D eigenvalue weighted by molar-refractivity contribution is 7.89. The predicted octanol–water partition coefficient (Wildman–Crippen LogP) is 2.25. The molecule has 0 radical (unpaired) electrons. The van der Waals surface area contributed by atoms with Crippen molar-refractivity contribution in [1.82, 2.24) is 19.9 Å². The number of sulfonamides is 1. The van der Waals surface area contributed by atoms with Gasteiger partial charge in [0.15, 0.2) is 0 Å². The number of halogens is 3. The van der Waals surface area contributed by atoms with Crippen molar-refractivity contribution in [3.8, 4) is 0 Å². The van der Waals surface area contributed by atoms with Gasteiger partial charge in [-0.1, -0.05) is 11.6 Å². The molecule has 258 valence electrons. The zero-order valence-corrected chi connectivity index (χ0v) is 27.7. The number of piperazine rings is 1. The van der Waals surface area contributed by atoms with Gasteiger partial charge in [-0.2, -0.15) is 4.31 Å². The van der Waals surface area contributed by atoms with Crippen LogP contribution < -0.4 is 26.2 Å².